The lowest BCUT2D eigenvalue weighted by atomic mass is 9.90. The van der Waals surface area contributed by atoms with Gasteiger partial charge >= 0.3 is 0 Å². The number of nitrogens with zero attached hydrogens (tertiary/aromatic N) is 1. The minimum absolute atomic E-state index is 0.581. The lowest BCUT2D eigenvalue weighted by molar-refractivity contribution is 0.0632. The highest BCUT2D eigenvalue weighted by atomic mass is 15.2. The van der Waals surface area contributed by atoms with Gasteiger partial charge in [0.25, 0.3) is 0 Å². The van der Waals surface area contributed by atoms with Gasteiger partial charge in [0.05, 0.1) is 0 Å². The molecule has 0 spiro atoms. The highest BCUT2D eigenvalue weighted by molar-refractivity contribution is 4.84. The zero-order valence-corrected chi connectivity index (χ0v) is 10.2. The van der Waals surface area contributed by atoms with Gasteiger partial charge < -0.3 is 5.73 Å². The van der Waals surface area contributed by atoms with E-state index in [0.29, 0.717) is 12.0 Å². The summed E-state index contributed by atoms with van der Waals surface area (Å²) in [5.74, 6) is 1.57. The van der Waals surface area contributed by atoms with Crippen LogP contribution in [0.4, 0.5) is 0 Å². The number of rotatable bonds is 3. The van der Waals surface area contributed by atoms with E-state index in [-0.39, 0.29) is 0 Å². The van der Waals surface area contributed by atoms with Gasteiger partial charge in [-0.05, 0) is 38.1 Å². The first-order valence-electron chi connectivity index (χ1n) is 6.02. The Kier molecular flexibility index (Phi) is 4.39. The standard InChI is InChI=1S/C12H26N2/c1-9(2)12(8-13)14-6-5-10(3)7-11(14)4/h9-12H,5-8,13H2,1-4H3. The van der Waals surface area contributed by atoms with E-state index in [4.69, 9.17) is 5.73 Å². The second-order valence-electron chi connectivity index (χ2n) is 5.26. The zero-order valence-electron chi connectivity index (χ0n) is 10.2. The molecule has 14 heavy (non-hydrogen) atoms. The summed E-state index contributed by atoms with van der Waals surface area (Å²) in [5, 5.41) is 0. The summed E-state index contributed by atoms with van der Waals surface area (Å²) in [6, 6.07) is 1.30. The summed E-state index contributed by atoms with van der Waals surface area (Å²) in [4.78, 5) is 2.62. The Hall–Kier alpha value is -0.0800. The minimum Gasteiger partial charge on any atom is -0.329 e. The maximum absolute atomic E-state index is 5.86. The Balaban J connectivity index is 2.57. The molecule has 84 valence electrons. The van der Waals surface area contributed by atoms with E-state index in [1.54, 1.807) is 0 Å². The van der Waals surface area contributed by atoms with Crippen molar-refractivity contribution in [2.45, 2.75) is 52.6 Å². The molecule has 1 heterocycles. The van der Waals surface area contributed by atoms with Gasteiger partial charge in [-0.1, -0.05) is 20.8 Å². The Morgan fingerprint density at radius 1 is 1.36 bits per heavy atom. The lowest BCUT2D eigenvalue weighted by Gasteiger charge is -2.43. The molecule has 2 nitrogen and oxygen atoms in total. The maximum atomic E-state index is 5.86. The van der Waals surface area contributed by atoms with Crippen LogP contribution in [0.3, 0.4) is 0 Å². The summed E-state index contributed by atoms with van der Waals surface area (Å²) in [5.41, 5.74) is 5.86. The smallest absolute Gasteiger partial charge is 0.0244 e. The van der Waals surface area contributed by atoms with Gasteiger partial charge in [0, 0.05) is 18.6 Å². The average Bonchev–Trinajstić information content (AvgIpc) is 2.09. The van der Waals surface area contributed by atoms with Gasteiger partial charge in [-0.3, -0.25) is 4.90 Å². The van der Waals surface area contributed by atoms with Crippen molar-refractivity contribution < 1.29 is 0 Å². The van der Waals surface area contributed by atoms with Gasteiger partial charge in [-0.25, -0.2) is 0 Å². The number of hydrogen-bond donors (Lipinski definition) is 1. The summed E-state index contributed by atoms with van der Waals surface area (Å²) in [7, 11) is 0. The van der Waals surface area contributed by atoms with Crippen LogP contribution >= 0.6 is 0 Å². The quantitative estimate of drug-likeness (QED) is 0.752. The summed E-state index contributed by atoms with van der Waals surface area (Å²) < 4.78 is 0. The third-order valence-electron chi connectivity index (χ3n) is 3.63. The highest BCUT2D eigenvalue weighted by Crippen LogP contribution is 2.25. The highest BCUT2D eigenvalue weighted by Gasteiger charge is 2.29. The summed E-state index contributed by atoms with van der Waals surface area (Å²) >= 11 is 0. The van der Waals surface area contributed by atoms with E-state index in [1.807, 2.05) is 0 Å². The molecule has 2 heteroatoms. The van der Waals surface area contributed by atoms with Crippen LogP contribution < -0.4 is 5.73 Å². The van der Waals surface area contributed by atoms with Crippen LogP contribution in [0.25, 0.3) is 0 Å². The van der Waals surface area contributed by atoms with Gasteiger partial charge in [-0.2, -0.15) is 0 Å². The molecule has 0 amide bonds. The molecule has 3 unspecified atom stereocenters. The Bertz CT molecular complexity index is 168. The van der Waals surface area contributed by atoms with Crippen LogP contribution in [0.15, 0.2) is 0 Å². The third kappa shape index (κ3) is 2.71. The van der Waals surface area contributed by atoms with Crippen molar-refractivity contribution in [2.75, 3.05) is 13.1 Å². The number of nitrogens with two attached hydrogens (primary N) is 1. The predicted octanol–water partition coefficient (Wildman–Crippen LogP) is 2.09. The van der Waals surface area contributed by atoms with E-state index in [1.165, 1.54) is 19.4 Å². The Labute approximate surface area is 88.8 Å². The molecule has 1 aliphatic rings. The van der Waals surface area contributed by atoms with Crippen molar-refractivity contribution in [3.63, 3.8) is 0 Å². The fraction of sp³-hybridized carbons (Fsp3) is 1.00. The molecule has 0 aromatic carbocycles. The number of hydrogen-bond acceptors (Lipinski definition) is 2. The Morgan fingerprint density at radius 3 is 2.43 bits per heavy atom. The summed E-state index contributed by atoms with van der Waals surface area (Å²) in [6.07, 6.45) is 2.68. The lowest BCUT2D eigenvalue weighted by Crippen LogP contribution is -2.51. The predicted molar refractivity (Wildman–Crippen MR) is 62.2 cm³/mol. The molecular weight excluding hydrogens is 172 g/mol. The van der Waals surface area contributed by atoms with Gasteiger partial charge in [0.1, 0.15) is 0 Å². The van der Waals surface area contributed by atoms with Crippen molar-refractivity contribution in [3.05, 3.63) is 0 Å². The van der Waals surface area contributed by atoms with E-state index in [9.17, 15) is 0 Å². The van der Waals surface area contributed by atoms with Crippen molar-refractivity contribution in [2.24, 2.45) is 17.6 Å². The summed E-state index contributed by atoms with van der Waals surface area (Å²) in [6.45, 7) is 11.3. The molecule has 2 N–H and O–H groups in total. The van der Waals surface area contributed by atoms with Crippen LogP contribution in [0.1, 0.15) is 40.5 Å². The molecule has 3 atom stereocenters. The van der Waals surface area contributed by atoms with E-state index >= 15 is 0 Å². The van der Waals surface area contributed by atoms with Crippen LogP contribution in [0.5, 0.6) is 0 Å². The first-order chi connectivity index (χ1) is 6.56. The molecule has 0 aromatic heterocycles. The molecule has 1 fully saturated rings. The van der Waals surface area contributed by atoms with Gasteiger partial charge in [0.15, 0.2) is 0 Å². The van der Waals surface area contributed by atoms with Gasteiger partial charge in [0.2, 0.25) is 0 Å². The Morgan fingerprint density at radius 2 is 2.00 bits per heavy atom. The zero-order chi connectivity index (χ0) is 10.7. The third-order valence-corrected chi connectivity index (χ3v) is 3.63. The first-order valence-corrected chi connectivity index (χ1v) is 6.02. The monoisotopic (exact) mass is 198 g/mol. The van der Waals surface area contributed by atoms with Crippen LogP contribution in [-0.4, -0.2) is 30.1 Å². The van der Waals surface area contributed by atoms with Crippen molar-refractivity contribution >= 4 is 0 Å². The van der Waals surface area contributed by atoms with Crippen LogP contribution in [0, 0.1) is 11.8 Å². The second kappa shape index (κ2) is 5.13. The van der Waals surface area contributed by atoms with E-state index < -0.39 is 0 Å². The molecule has 0 aliphatic carbocycles. The molecule has 0 saturated carbocycles. The molecular formula is C12H26N2. The largest absolute Gasteiger partial charge is 0.329 e. The first kappa shape index (κ1) is 12.0. The van der Waals surface area contributed by atoms with Crippen LogP contribution in [0.2, 0.25) is 0 Å². The molecule has 0 aromatic rings. The maximum Gasteiger partial charge on any atom is 0.0244 e. The molecule has 1 saturated heterocycles. The fourth-order valence-corrected chi connectivity index (χ4v) is 2.71. The molecule has 1 rings (SSSR count). The SMILES string of the molecule is CC1CCN(C(CN)C(C)C)C(C)C1. The van der Waals surface area contributed by atoms with Crippen molar-refractivity contribution in [1.82, 2.24) is 4.90 Å². The van der Waals surface area contributed by atoms with Crippen molar-refractivity contribution in [3.8, 4) is 0 Å². The molecule has 0 radical (unpaired) electrons. The second-order valence-corrected chi connectivity index (χ2v) is 5.26. The number of piperidine rings is 1. The molecule has 0 bridgehead atoms. The average molecular weight is 198 g/mol. The van der Waals surface area contributed by atoms with E-state index in [0.717, 1.165) is 18.5 Å². The molecule has 1 aliphatic heterocycles. The number of likely N-dealkylation sites (tertiary alicyclic amines) is 1. The minimum atomic E-state index is 0.581. The van der Waals surface area contributed by atoms with E-state index in [2.05, 4.69) is 32.6 Å². The normalized spacial score (nSPS) is 32.1. The van der Waals surface area contributed by atoms with Crippen LogP contribution in [-0.2, 0) is 0 Å². The topological polar surface area (TPSA) is 29.3 Å². The van der Waals surface area contributed by atoms with Crippen molar-refractivity contribution in [1.29, 1.82) is 0 Å². The fourth-order valence-electron chi connectivity index (χ4n) is 2.71. The van der Waals surface area contributed by atoms with Gasteiger partial charge in [-0.15, -0.1) is 0 Å².